The lowest BCUT2D eigenvalue weighted by Gasteiger charge is -2.07. The predicted molar refractivity (Wildman–Crippen MR) is 73.4 cm³/mol. The molecule has 0 bridgehead atoms. The Morgan fingerprint density at radius 2 is 2.21 bits per heavy atom. The Morgan fingerprint density at radius 1 is 1.37 bits per heavy atom. The zero-order valence-corrected chi connectivity index (χ0v) is 11.4. The second-order valence-electron chi connectivity index (χ2n) is 3.89. The van der Waals surface area contributed by atoms with Crippen LogP contribution in [0.15, 0.2) is 18.3 Å². The predicted octanol–water partition coefficient (Wildman–Crippen LogP) is 0.906. The summed E-state index contributed by atoms with van der Waals surface area (Å²) in [5, 5.41) is 5.73. The van der Waals surface area contributed by atoms with Crippen molar-refractivity contribution in [2.75, 3.05) is 45.8 Å². The van der Waals surface area contributed by atoms with Crippen LogP contribution in [0, 0.1) is 0 Å². The number of methoxy groups -OCH3 is 1. The number of ether oxygens (including phenoxy) is 2. The van der Waals surface area contributed by atoms with E-state index in [1.807, 2.05) is 0 Å². The van der Waals surface area contributed by atoms with Crippen molar-refractivity contribution < 1.29 is 14.3 Å². The highest BCUT2D eigenvalue weighted by molar-refractivity contribution is 5.94. The molecule has 0 atom stereocenters. The molecule has 6 heteroatoms. The van der Waals surface area contributed by atoms with Gasteiger partial charge in [0.1, 0.15) is 5.82 Å². The SMILES string of the molecule is CNc1cc(C(=O)NCCCOCCOC)ccn1. The van der Waals surface area contributed by atoms with Crippen LogP contribution < -0.4 is 10.6 Å². The van der Waals surface area contributed by atoms with Crippen LogP contribution >= 0.6 is 0 Å². The number of carbonyl (C=O) groups excluding carboxylic acids is 1. The maximum Gasteiger partial charge on any atom is 0.251 e. The lowest BCUT2D eigenvalue weighted by Crippen LogP contribution is -2.25. The Balaban J connectivity index is 2.20. The van der Waals surface area contributed by atoms with Crippen molar-refractivity contribution in [1.29, 1.82) is 0 Å². The third-order valence-electron chi connectivity index (χ3n) is 2.46. The zero-order valence-electron chi connectivity index (χ0n) is 11.4. The molecule has 1 aromatic rings. The van der Waals surface area contributed by atoms with Crippen molar-refractivity contribution in [2.45, 2.75) is 6.42 Å². The van der Waals surface area contributed by atoms with Crippen molar-refractivity contribution in [2.24, 2.45) is 0 Å². The van der Waals surface area contributed by atoms with Crippen molar-refractivity contribution in [3.05, 3.63) is 23.9 Å². The van der Waals surface area contributed by atoms with Gasteiger partial charge in [0.2, 0.25) is 0 Å². The van der Waals surface area contributed by atoms with Gasteiger partial charge in [0.25, 0.3) is 5.91 Å². The maximum absolute atomic E-state index is 11.8. The van der Waals surface area contributed by atoms with Crippen LogP contribution in [0.25, 0.3) is 0 Å². The van der Waals surface area contributed by atoms with Crippen LogP contribution in [0.2, 0.25) is 0 Å². The number of rotatable bonds is 9. The molecule has 0 fully saturated rings. The van der Waals surface area contributed by atoms with Crippen molar-refractivity contribution in [3.63, 3.8) is 0 Å². The molecule has 1 heterocycles. The number of hydrogen-bond acceptors (Lipinski definition) is 5. The summed E-state index contributed by atoms with van der Waals surface area (Å²) in [6.45, 7) is 2.38. The van der Waals surface area contributed by atoms with E-state index in [1.54, 1.807) is 32.5 Å². The first-order valence-corrected chi connectivity index (χ1v) is 6.26. The number of nitrogens with zero attached hydrogens (tertiary/aromatic N) is 1. The van der Waals surface area contributed by atoms with E-state index < -0.39 is 0 Å². The lowest BCUT2D eigenvalue weighted by atomic mass is 10.2. The molecule has 1 rings (SSSR count). The monoisotopic (exact) mass is 267 g/mol. The van der Waals surface area contributed by atoms with E-state index in [-0.39, 0.29) is 5.91 Å². The van der Waals surface area contributed by atoms with Gasteiger partial charge in [-0.1, -0.05) is 0 Å². The average Bonchev–Trinajstić information content (AvgIpc) is 2.46. The summed E-state index contributed by atoms with van der Waals surface area (Å²) in [5.41, 5.74) is 0.597. The van der Waals surface area contributed by atoms with Crippen LogP contribution in [-0.4, -0.2) is 51.4 Å². The summed E-state index contributed by atoms with van der Waals surface area (Å²) >= 11 is 0. The smallest absolute Gasteiger partial charge is 0.251 e. The van der Waals surface area contributed by atoms with Crippen LogP contribution in [0.5, 0.6) is 0 Å². The molecule has 0 unspecified atom stereocenters. The van der Waals surface area contributed by atoms with Gasteiger partial charge in [-0.3, -0.25) is 4.79 Å². The number of hydrogen-bond donors (Lipinski definition) is 2. The van der Waals surface area contributed by atoms with Crippen LogP contribution in [0.4, 0.5) is 5.82 Å². The third kappa shape index (κ3) is 6.17. The van der Waals surface area contributed by atoms with E-state index in [9.17, 15) is 4.79 Å². The minimum absolute atomic E-state index is 0.101. The molecule has 0 aliphatic carbocycles. The largest absolute Gasteiger partial charge is 0.382 e. The first kappa shape index (κ1) is 15.4. The highest BCUT2D eigenvalue weighted by Gasteiger charge is 2.05. The van der Waals surface area contributed by atoms with E-state index >= 15 is 0 Å². The Bertz CT molecular complexity index is 385. The van der Waals surface area contributed by atoms with Gasteiger partial charge in [-0.05, 0) is 18.6 Å². The molecule has 6 nitrogen and oxygen atoms in total. The second-order valence-corrected chi connectivity index (χ2v) is 3.89. The summed E-state index contributed by atoms with van der Waals surface area (Å²) in [5.74, 6) is 0.575. The number of nitrogens with one attached hydrogen (secondary N) is 2. The molecule has 0 spiro atoms. The molecule has 19 heavy (non-hydrogen) atoms. The molecule has 0 saturated heterocycles. The standard InChI is InChI=1S/C13H21N3O3/c1-14-12-10-11(4-6-15-12)13(17)16-5-3-7-19-9-8-18-2/h4,6,10H,3,5,7-9H2,1-2H3,(H,14,15)(H,16,17). The fraction of sp³-hybridized carbons (Fsp3) is 0.538. The summed E-state index contributed by atoms with van der Waals surface area (Å²) in [6, 6.07) is 3.40. The van der Waals surface area contributed by atoms with Gasteiger partial charge in [-0.2, -0.15) is 0 Å². The molecule has 2 N–H and O–H groups in total. The van der Waals surface area contributed by atoms with Gasteiger partial charge in [-0.25, -0.2) is 4.98 Å². The molecule has 1 amide bonds. The Morgan fingerprint density at radius 3 is 2.95 bits per heavy atom. The number of carbonyl (C=O) groups is 1. The molecule has 0 aromatic carbocycles. The third-order valence-corrected chi connectivity index (χ3v) is 2.46. The highest BCUT2D eigenvalue weighted by atomic mass is 16.5. The maximum atomic E-state index is 11.8. The zero-order chi connectivity index (χ0) is 13.9. The van der Waals surface area contributed by atoms with Gasteiger partial charge in [0.05, 0.1) is 13.2 Å². The van der Waals surface area contributed by atoms with Gasteiger partial charge < -0.3 is 20.1 Å². The summed E-state index contributed by atoms with van der Waals surface area (Å²) in [6.07, 6.45) is 2.38. The molecule has 0 aliphatic rings. The van der Waals surface area contributed by atoms with Crippen LogP contribution in [-0.2, 0) is 9.47 Å². The Hall–Kier alpha value is -1.66. The second kappa shape index (κ2) is 9.29. The summed E-state index contributed by atoms with van der Waals surface area (Å²) < 4.78 is 10.2. The molecule has 0 saturated carbocycles. The average molecular weight is 267 g/mol. The Labute approximate surface area is 113 Å². The normalized spacial score (nSPS) is 10.2. The fourth-order valence-electron chi connectivity index (χ4n) is 1.43. The van der Waals surface area contributed by atoms with E-state index in [2.05, 4.69) is 15.6 Å². The minimum Gasteiger partial charge on any atom is -0.382 e. The Kier molecular flexibility index (Phi) is 7.53. The summed E-state index contributed by atoms with van der Waals surface area (Å²) in [4.78, 5) is 15.9. The van der Waals surface area contributed by atoms with Crippen molar-refractivity contribution >= 4 is 11.7 Å². The molecular weight excluding hydrogens is 246 g/mol. The number of aromatic nitrogens is 1. The minimum atomic E-state index is -0.101. The molecule has 106 valence electrons. The molecule has 1 aromatic heterocycles. The first-order valence-electron chi connectivity index (χ1n) is 6.26. The van der Waals surface area contributed by atoms with Gasteiger partial charge in [-0.15, -0.1) is 0 Å². The highest BCUT2D eigenvalue weighted by Crippen LogP contribution is 2.05. The lowest BCUT2D eigenvalue weighted by molar-refractivity contribution is 0.0688. The summed E-state index contributed by atoms with van der Waals surface area (Å²) in [7, 11) is 3.40. The topological polar surface area (TPSA) is 72.5 Å². The molecule has 0 aliphatic heterocycles. The van der Waals surface area contributed by atoms with Gasteiger partial charge in [0.15, 0.2) is 0 Å². The first-order chi connectivity index (χ1) is 9.27. The van der Waals surface area contributed by atoms with Gasteiger partial charge in [0, 0.05) is 39.1 Å². The number of amides is 1. The fourth-order valence-corrected chi connectivity index (χ4v) is 1.43. The quantitative estimate of drug-likeness (QED) is 0.651. The van der Waals surface area contributed by atoms with E-state index in [0.717, 1.165) is 6.42 Å². The van der Waals surface area contributed by atoms with Crippen LogP contribution in [0.3, 0.4) is 0 Å². The van der Waals surface area contributed by atoms with E-state index in [4.69, 9.17) is 9.47 Å². The molecule has 0 radical (unpaired) electrons. The van der Waals surface area contributed by atoms with Crippen molar-refractivity contribution in [1.82, 2.24) is 10.3 Å². The number of pyridine rings is 1. The van der Waals surface area contributed by atoms with E-state index in [1.165, 1.54) is 0 Å². The number of anilines is 1. The van der Waals surface area contributed by atoms with Crippen molar-refractivity contribution in [3.8, 4) is 0 Å². The van der Waals surface area contributed by atoms with Gasteiger partial charge >= 0.3 is 0 Å². The van der Waals surface area contributed by atoms with Crippen LogP contribution in [0.1, 0.15) is 16.8 Å². The molecular formula is C13H21N3O3. The van der Waals surface area contributed by atoms with E-state index in [0.29, 0.717) is 37.7 Å².